The number of hydrogen-bond donors (Lipinski definition) is 1. The second-order valence-electron chi connectivity index (χ2n) is 6.24. The van der Waals surface area contributed by atoms with Crippen molar-refractivity contribution in [1.82, 2.24) is 14.8 Å². The lowest BCUT2D eigenvalue weighted by Crippen LogP contribution is -2.53. The van der Waals surface area contributed by atoms with Crippen molar-refractivity contribution in [2.24, 2.45) is 5.92 Å². The van der Waals surface area contributed by atoms with Crippen LogP contribution in [0.15, 0.2) is 41.1 Å². The van der Waals surface area contributed by atoms with Crippen LogP contribution in [0.1, 0.15) is 34.9 Å². The van der Waals surface area contributed by atoms with Gasteiger partial charge in [-0.05, 0) is 30.2 Å². The van der Waals surface area contributed by atoms with E-state index in [9.17, 15) is 9.59 Å². The topological polar surface area (TPSA) is 67.5 Å². The van der Waals surface area contributed by atoms with Gasteiger partial charge in [0.2, 0.25) is 0 Å². The van der Waals surface area contributed by atoms with Crippen molar-refractivity contribution in [3.05, 3.63) is 48.2 Å². The van der Waals surface area contributed by atoms with Gasteiger partial charge in [-0.15, -0.1) is 0 Å². The molecule has 2 aromatic rings. The third-order valence-corrected chi connectivity index (χ3v) is 3.96. The molecule has 0 fully saturated rings. The molecule has 0 saturated heterocycles. The van der Waals surface area contributed by atoms with Crippen molar-refractivity contribution in [3.8, 4) is 0 Å². The average Bonchev–Trinajstić information content (AvgIpc) is 3.18. The number of aromatic nitrogens is 1. The molecule has 1 N–H and O–H groups in total. The maximum absolute atomic E-state index is 12.7. The summed E-state index contributed by atoms with van der Waals surface area (Å²) in [6.07, 6.45) is 3.37. The summed E-state index contributed by atoms with van der Waals surface area (Å²) in [4.78, 5) is 26.6. The fraction of sp³-hybridized carbons (Fsp3) is 0.412. The molecule has 0 saturated carbocycles. The standard InChI is InChI=1S/C17H21N3O3/c1-12(2)10-20-13(9-18-16(21)15-6-4-8-23-15)11-19-7-3-5-14(19)17(20)22/h3-8,12-13H,9-11H2,1-2H3,(H,18,21). The van der Waals surface area contributed by atoms with Gasteiger partial charge in [0.15, 0.2) is 5.76 Å². The van der Waals surface area contributed by atoms with E-state index < -0.39 is 0 Å². The van der Waals surface area contributed by atoms with E-state index in [1.807, 2.05) is 27.8 Å². The molecule has 3 heterocycles. The van der Waals surface area contributed by atoms with Crippen LogP contribution in [0, 0.1) is 5.92 Å². The molecule has 0 aromatic carbocycles. The van der Waals surface area contributed by atoms with Gasteiger partial charge in [-0.25, -0.2) is 0 Å². The second kappa shape index (κ2) is 6.32. The molecule has 23 heavy (non-hydrogen) atoms. The SMILES string of the molecule is CC(C)CN1C(=O)c2cccn2CC1CNC(=O)c1ccco1. The van der Waals surface area contributed by atoms with E-state index in [1.54, 1.807) is 12.1 Å². The number of fused-ring (bicyclic) bond motifs is 1. The predicted octanol–water partition coefficient (Wildman–Crippen LogP) is 1.99. The summed E-state index contributed by atoms with van der Waals surface area (Å²) >= 11 is 0. The van der Waals surface area contributed by atoms with Crippen molar-refractivity contribution in [2.75, 3.05) is 13.1 Å². The van der Waals surface area contributed by atoms with Gasteiger partial charge in [0.05, 0.1) is 12.3 Å². The molecule has 6 heteroatoms. The molecule has 0 aliphatic carbocycles. The highest BCUT2D eigenvalue weighted by molar-refractivity contribution is 5.94. The molecule has 1 unspecified atom stereocenters. The van der Waals surface area contributed by atoms with Gasteiger partial charge < -0.3 is 19.2 Å². The summed E-state index contributed by atoms with van der Waals surface area (Å²) < 4.78 is 7.04. The molecule has 2 amide bonds. The van der Waals surface area contributed by atoms with Crippen LogP contribution in [0.3, 0.4) is 0 Å². The molecule has 2 aromatic heterocycles. The molecular weight excluding hydrogens is 294 g/mol. The van der Waals surface area contributed by atoms with Crippen LogP contribution < -0.4 is 5.32 Å². The summed E-state index contributed by atoms with van der Waals surface area (Å²) in [5.74, 6) is 0.408. The Bertz CT molecular complexity index is 688. The fourth-order valence-electron chi connectivity index (χ4n) is 2.91. The molecule has 0 bridgehead atoms. The zero-order chi connectivity index (χ0) is 16.4. The molecule has 0 radical (unpaired) electrons. The maximum atomic E-state index is 12.7. The van der Waals surface area contributed by atoms with Crippen LogP contribution in [0.25, 0.3) is 0 Å². The first-order chi connectivity index (χ1) is 11.1. The second-order valence-corrected chi connectivity index (χ2v) is 6.24. The van der Waals surface area contributed by atoms with Gasteiger partial charge in [-0.1, -0.05) is 13.8 Å². The van der Waals surface area contributed by atoms with Crippen LogP contribution in [0.4, 0.5) is 0 Å². The number of carbonyl (C=O) groups is 2. The number of carbonyl (C=O) groups excluding carboxylic acids is 2. The highest BCUT2D eigenvalue weighted by Gasteiger charge is 2.32. The fourth-order valence-corrected chi connectivity index (χ4v) is 2.91. The van der Waals surface area contributed by atoms with E-state index in [0.29, 0.717) is 31.2 Å². The third kappa shape index (κ3) is 3.16. The molecule has 1 aliphatic heterocycles. The third-order valence-electron chi connectivity index (χ3n) is 3.96. The first-order valence-corrected chi connectivity index (χ1v) is 7.84. The first kappa shape index (κ1) is 15.4. The maximum Gasteiger partial charge on any atom is 0.287 e. The average molecular weight is 315 g/mol. The predicted molar refractivity (Wildman–Crippen MR) is 85.1 cm³/mol. The Kier molecular flexibility index (Phi) is 4.23. The molecule has 3 rings (SSSR count). The van der Waals surface area contributed by atoms with Crippen molar-refractivity contribution >= 4 is 11.8 Å². The Labute approximate surface area is 135 Å². The molecule has 122 valence electrons. The Morgan fingerprint density at radius 2 is 2.22 bits per heavy atom. The zero-order valence-electron chi connectivity index (χ0n) is 13.4. The van der Waals surface area contributed by atoms with Crippen molar-refractivity contribution < 1.29 is 14.0 Å². The van der Waals surface area contributed by atoms with Crippen LogP contribution >= 0.6 is 0 Å². The highest BCUT2D eigenvalue weighted by Crippen LogP contribution is 2.19. The van der Waals surface area contributed by atoms with Crippen molar-refractivity contribution in [2.45, 2.75) is 26.4 Å². The number of nitrogens with zero attached hydrogens (tertiary/aromatic N) is 2. The Hall–Kier alpha value is -2.50. The molecule has 1 aliphatic rings. The summed E-state index contributed by atoms with van der Waals surface area (Å²) in [6.45, 7) is 5.92. The van der Waals surface area contributed by atoms with Gasteiger partial charge in [-0.2, -0.15) is 0 Å². The van der Waals surface area contributed by atoms with Crippen LogP contribution in [0.2, 0.25) is 0 Å². The molecule has 0 spiro atoms. The Morgan fingerprint density at radius 1 is 1.39 bits per heavy atom. The number of nitrogens with one attached hydrogen (secondary N) is 1. The van der Waals surface area contributed by atoms with Gasteiger partial charge in [0, 0.05) is 25.8 Å². The monoisotopic (exact) mass is 315 g/mol. The number of furan rings is 1. The van der Waals surface area contributed by atoms with Gasteiger partial charge >= 0.3 is 0 Å². The smallest absolute Gasteiger partial charge is 0.287 e. The molecular formula is C17H21N3O3. The Balaban J connectivity index is 1.73. The largest absolute Gasteiger partial charge is 0.459 e. The van der Waals surface area contributed by atoms with Gasteiger partial charge in [0.1, 0.15) is 5.69 Å². The van der Waals surface area contributed by atoms with E-state index in [-0.39, 0.29) is 23.6 Å². The zero-order valence-corrected chi connectivity index (χ0v) is 13.4. The lowest BCUT2D eigenvalue weighted by atomic mass is 10.1. The van der Waals surface area contributed by atoms with E-state index in [0.717, 1.165) is 0 Å². The lowest BCUT2D eigenvalue weighted by Gasteiger charge is -2.37. The number of rotatable bonds is 5. The minimum atomic E-state index is -0.259. The lowest BCUT2D eigenvalue weighted by molar-refractivity contribution is 0.0552. The molecule has 1 atom stereocenters. The van der Waals surface area contributed by atoms with Crippen molar-refractivity contribution in [3.63, 3.8) is 0 Å². The highest BCUT2D eigenvalue weighted by atomic mass is 16.3. The minimum absolute atomic E-state index is 0.0206. The van der Waals surface area contributed by atoms with Crippen molar-refractivity contribution in [1.29, 1.82) is 0 Å². The first-order valence-electron chi connectivity index (χ1n) is 7.84. The van der Waals surface area contributed by atoms with Crippen LogP contribution in [-0.2, 0) is 6.54 Å². The van der Waals surface area contributed by atoms with Crippen LogP contribution in [-0.4, -0.2) is 40.4 Å². The van der Waals surface area contributed by atoms with E-state index in [1.165, 1.54) is 6.26 Å². The normalized spacial score (nSPS) is 17.4. The molecule has 6 nitrogen and oxygen atoms in total. The van der Waals surface area contributed by atoms with Crippen LogP contribution in [0.5, 0.6) is 0 Å². The van der Waals surface area contributed by atoms with Gasteiger partial charge in [-0.3, -0.25) is 9.59 Å². The number of hydrogen-bond acceptors (Lipinski definition) is 3. The van der Waals surface area contributed by atoms with Gasteiger partial charge in [0.25, 0.3) is 11.8 Å². The summed E-state index contributed by atoms with van der Waals surface area (Å²) in [6, 6.07) is 6.95. The van der Waals surface area contributed by atoms with E-state index in [4.69, 9.17) is 4.42 Å². The summed E-state index contributed by atoms with van der Waals surface area (Å²) in [5.41, 5.74) is 0.708. The van der Waals surface area contributed by atoms with E-state index in [2.05, 4.69) is 19.2 Å². The summed E-state index contributed by atoms with van der Waals surface area (Å²) in [5, 5.41) is 2.86. The van der Waals surface area contributed by atoms with E-state index >= 15 is 0 Å². The summed E-state index contributed by atoms with van der Waals surface area (Å²) in [7, 11) is 0. The Morgan fingerprint density at radius 3 is 2.91 bits per heavy atom. The minimum Gasteiger partial charge on any atom is -0.459 e. The number of amides is 2. The quantitative estimate of drug-likeness (QED) is 0.917.